The summed E-state index contributed by atoms with van der Waals surface area (Å²) in [5, 5.41) is 2.93. The minimum atomic E-state index is 0.00598. The molecule has 2 heterocycles. The number of amides is 2. The van der Waals surface area contributed by atoms with Crippen LogP contribution in [0.15, 0.2) is 42.5 Å². The molecule has 0 saturated carbocycles. The van der Waals surface area contributed by atoms with Gasteiger partial charge in [0.2, 0.25) is 11.8 Å². The van der Waals surface area contributed by atoms with Gasteiger partial charge >= 0.3 is 0 Å². The van der Waals surface area contributed by atoms with E-state index in [0.717, 1.165) is 36.4 Å². The highest BCUT2D eigenvalue weighted by molar-refractivity contribution is 5.77. The normalized spacial score (nSPS) is 15.0. The number of ether oxygens (including phenoxy) is 2. The molecule has 4 rings (SSSR count). The Hall–Kier alpha value is -3.02. The van der Waals surface area contributed by atoms with Crippen molar-refractivity contribution in [2.24, 2.45) is 0 Å². The molecule has 6 nitrogen and oxygen atoms in total. The van der Waals surface area contributed by atoms with Gasteiger partial charge in [-0.2, -0.15) is 0 Å². The highest BCUT2D eigenvalue weighted by Crippen LogP contribution is 2.30. The van der Waals surface area contributed by atoms with Crippen LogP contribution in [0.1, 0.15) is 42.4 Å². The number of carbonyl (C=O) groups excluding carboxylic acids is 2. The van der Waals surface area contributed by atoms with E-state index >= 15 is 0 Å². The molecule has 0 radical (unpaired) electrons. The van der Waals surface area contributed by atoms with Crippen molar-refractivity contribution in [3.8, 4) is 11.5 Å². The summed E-state index contributed by atoms with van der Waals surface area (Å²) >= 11 is 0. The van der Waals surface area contributed by atoms with Crippen molar-refractivity contribution in [2.45, 2.75) is 45.1 Å². The lowest BCUT2D eigenvalue weighted by Crippen LogP contribution is -2.36. The topological polar surface area (TPSA) is 67.9 Å². The van der Waals surface area contributed by atoms with Crippen LogP contribution in [0.2, 0.25) is 0 Å². The molecule has 0 fully saturated rings. The number of hydrogen-bond donors (Lipinski definition) is 1. The standard InChI is InChI=1S/C25H30N2O4/c28-24(11-9-19-8-10-22-23(17-19)31-16-4-15-30-22)26-13-3-7-25(29)27-14-12-20-5-1-2-6-21(20)18-27/h1-2,5-6,8,10,17H,3-4,7,9,11-16,18H2,(H,26,28). The van der Waals surface area contributed by atoms with Crippen LogP contribution >= 0.6 is 0 Å². The third-order valence-corrected chi connectivity index (χ3v) is 5.83. The third kappa shape index (κ3) is 5.78. The molecular weight excluding hydrogens is 392 g/mol. The van der Waals surface area contributed by atoms with Crippen molar-refractivity contribution in [1.29, 1.82) is 0 Å². The molecule has 0 bridgehead atoms. The van der Waals surface area contributed by atoms with E-state index in [1.54, 1.807) is 0 Å². The zero-order valence-corrected chi connectivity index (χ0v) is 17.9. The van der Waals surface area contributed by atoms with Gasteiger partial charge in [-0.15, -0.1) is 0 Å². The van der Waals surface area contributed by atoms with Gasteiger partial charge in [0.1, 0.15) is 0 Å². The van der Waals surface area contributed by atoms with Crippen LogP contribution in [0.4, 0.5) is 0 Å². The van der Waals surface area contributed by atoms with Crippen LogP contribution in [0, 0.1) is 0 Å². The Labute approximate surface area is 183 Å². The maximum Gasteiger partial charge on any atom is 0.222 e. The second-order valence-corrected chi connectivity index (χ2v) is 8.12. The number of hydrogen-bond acceptors (Lipinski definition) is 4. The Morgan fingerprint density at radius 2 is 1.77 bits per heavy atom. The Balaban J connectivity index is 1.14. The van der Waals surface area contributed by atoms with Crippen LogP contribution < -0.4 is 14.8 Å². The Bertz CT molecular complexity index is 927. The predicted octanol–water partition coefficient (Wildman–Crippen LogP) is 3.26. The van der Waals surface area contributed by atoms with Crippen molar-refractivity contribution < 1.29 is 19.1 Å². The lowest BCUT2D eigenvalue weighted by atomic mass is 9.99. The van der Waals surface area contributed by atoms with Gasteiger partial charge < -0.3 is 19.7 Å². The molecular formula is C25H30N2O4. The third-order valence-electron chi connectivity index (χ3n) is 5.83. The molecule has 2 amide bonds. The van der Waals surface area contributed by atoms with Crippen molar-refractivity contribution >= 4 is 11.8 Å². The van der Waals surface area contributed by atoms with Crippen LogP contribution in [-0.2, 0) is 29.0 Å². The first kappa shape index (κ1) is 21.2. The lowest BCUT2D eigenvalue weighted by molar-refractivity contribution is -0.132. The SMILES string of the molecule is O=C(CCc1ccc2c(c1)OCCCO2)NCCCC(=O)N1CCc2ccccc2C1. The zero-order chi connectivity index (χ0) is 21.5. The number of benzene rings is 2. The molecule has 31 heavy (non-hydrogen) atoms. The summed E-state index contributed by atoms with van der Waals surface area (Å²) in [7, 11) is 0. The lowest BCUT2D eigenvalue weighted by Gasteiger charge is -2.29. The highest BCUT2D eigenvalue weighted by atomic mass is 16.5. The molecule has 0 spiro atoms. The van der Waals surface area contributed by atoms with Crippen LogP contribution in [-0.4, -0.2) is 43.0 Å². The van der Waals surface area contributed by atoms with Gasteiger partial charge in [0.15, 0.2) is 11.5 Å². The molecule has 2 aliphatic rings. The van der Waals surface area contributed by atoms with Gasteiger partial charge in [-0.3, -0.25) is 9.59 Å². The first-order valence-electron chi connectivity index (χ1n) is 11.2. The number of nitrogens with zero attached hydrogens (tertiary/aromatic N) is 1. The van der Waals surface area contributed by atoms with E-state index in [4.69, 9.17) is 9.47 Å². The van der Waals surface area contributed by atoms with Gasteiger partial charge in [-0.25, -0.2) is 0 Å². The Morgan fingerprint density at radius 1 is 0.968 bits per heavy atom. The van der Waals surface area contributed by atoms with Crippen LogP contribution in [0.3, 0.4) is 0 Å². The molecule has 2 aliphatic heterocycles. The average molecular weight is 423 g/mol. The largest absolute Gasteiger partial charge is 0.490 e. The van der Waals surface area contributed by atoms with Crippen molar-refractivity contribution in [1.82, 2.24) is 10.2 Å². The fourth-order valence-corrected chi connectivity index (χ4v) is 4.04. The second kappa shape index (κ2) is 10.3. The molecule has 0 atom stereocenters. The Morgan fingerprint density at radius 3 is 2.65 bits per heavy atom. The summed E-state index contributed by atoms with van der Waals surface area (Å²) in [5.74, 6) is 1.70. The fraction of sp³-hybridized carbons (Fsp3) is 0.440. The van der Waals surface area contributed by atoms with E-state index in [-0.39, 0.29) is 11.8 Å². The van der Waals surface area contributed by atoms with Gasteiger partial charge in [-0.1, -0.05) is 30.3 Å². The van der Waals surface area contributed by atoms with E-state index in [0.29, 0.717) is 52.0 Å². The summed E-state index contributed by atoms with van der Waals surface area (Å²) in [6.45, 7) is 3.31. The van der Waals surface area contributed by atoms with Gasteiger partial charge in [0.25, 0.3) is 0 Å². The molecule has 0 aromatic heterocycles. The number of carbonyl (C=O) groups is 2. The number of rotatable bonds is 7. The van der Waals surface area contributed by atoms with E-state index in [2.05, 4.69) is 17.4 Å². The minimum absolute atomic E-state index is 0.00598. The molecule has 1 N–H and O–H groups in total. The van der Waals surface area contributed by atoms with Crippen LogP contribution in [0.25, 0.3) is 0 Å². The molecule has 2 aromatic rings. The molecule has 0 unspecified atom stereocenters. The van der Waals surface area contributed by atoms with Crippen LogP contribution in [0.5, 0.6) is 11.5 Å². The molecule has 2 aromatic carbocycles. The first-order chi connectivity index (χ1) is 15.2. The van der Waals surface area contributed by atoms with Gasteiger partial charge in [-0.05, 0) is 48.1 Å². The average Bonchev–Trinajstić information content (AvgIpc) is 3.05. The highest BCUT2D eigenvalue weighted by Gasteiger charge is 2.19. The smallest absolute Gasteiger partial charge is 0.222 e. The van der Waals surface area contributed by atoms with E-state index < -0.39 is 0 Å². The fourth-order valence-electron chi connectivity index (χ4n) is 4.04. The molecule has 0 saturated heterocycles. The van der Waals surface area contributed by atoms with E-state index in [9.17, 15) is 9.59 Å². The van der Waals surface area contributed by atoms with Gasteiger partial charge in [0, 0.05) is 38.9 Å². The van der Waals surface area contributed by atoms with E-state index in [1.165, 1.54) is 11.1 Å². The number of fused-ring (bicyclic) bond motifs is 2. The molecule has 6 heteroatoms. The summed E-state index contributed by atoms with van der Waals surface area (Å²) in [6, 6.07) is 14.2. The van der Waals surface area contributed by atoms with E-state index in [1.807, 2.05) is 35.2 Å². The van der Waals surface area contributed by atoms with Crippen molar-refractivity contribution in [3.05, 3.63) is 59.2 Å². The first-order valence-corrected chi connectivity index (χ1v) is 11.2. The summed E-state index contributed by atoms with van der Waals surface area (Å²) < 4.78 is 11.3. The second-order valence-electron chi connectivity index (χ2n) is 8.12. The predicted molar refractivity (Wildman–Crippen MR) is 118 cm³/mol. The molecule has 0 aliphatic carbocycles. The zero-order valence-electron chi connectivity index (χ0n) is 17.9. The molecule has 164 valence electrons. The minimum Gasteiger partial charge on any atom is -0.490 e. The summed E-state index contributed by atoms with van der Waals surface area (Å²) in [6.07, 6.45) is 3.97. The van der Waals surface area contributed by atoms with Crippen molar-refractivity contribution in [2.75, 3.05) is 26.3 Å². The monoisotopic (exact) mass is 422 g/mol. The van der Waals surface area contributed by atoms with Crippen molar-refractivity contribution in [3.63, 3.8) is 0 Å². The maximum absolute atomic E-state index is 12.5. The quantitative estimate of drug-likeness (QED) is 0.696. The summed E-state index contributed by atoms with van der Waals surface area (Å²) in [5.41, 5.74) is 3.64. The van der Waals surface area contributed by atoms with Gasteiger partial charge in [0.05, 0.1) is 13.2 Å². The Kier molecular flexibility index (Phi) is 7.07. The number of aryl methyl sites for hydroxylation is 1. The summed E-state index contributed by atoms with van der Waals surface area (Å²) in [4.78, 5) is 26.6. The number of nitrogens with one attached hydrogen (secondary N) is 1. The maximum atomic E-state index is 12.5.